The zero-order valence-corrected chi connectivity index (χ0v) is 17.1. The molecule has 2 aliphatic rings. The van der Waals surface area contributed by atoms with E-state index in [1.165, 1.54) is 11.3 Å². The summed E-state index contributed by atoms with van der Waals surface area (Å²) in [7, 11) is 1.90. The number of anilines is 1. The number of ether oxygens (including phenoxy) is 1. The number of halogens is 2. The van der Waals surface area contributed by atoms with Crippen LogP contribution in [0, 0.1) is 5.92 Å². The molecule has 0 spiro atoms. The molecule has 1 aromatic rings. The number of nitrogens with two attached hydrogens (primary N) is 1. The fourth-order valence-corrected chi connectivity index (χ4v) is 3.80. The Bertz CT molecular complexity index is 567. The van der Waals surface area contributed by atoms with Gasteiger partial charge in [-0.3, -0.25) is 4.79 Å². The summed E-state index contributed by atoms with van der Waals surface area (Å²) >= 11 is 0. The quantitative estimate of drug-likeness (QED) is 0.820. The number of benzene rings is 1. The average molecular weight is 404 g/mol. The van der Waals surface area contributed by atoms with Gasteiger partial charge in [0.15, 0.2) is 0 Å². The van der Waals surface area contributed by atoms with Crippen molar-refractivity contribution in [2.45, 2.75) is 38.3 Å². The van der Waals surface area contributed by atoms with E-state index in [0.717, 1.165) is 45.6 Å². The van der Waals surface area contributed by atoms with Crippen LogP contribution in [-0.2, 0) is 16.1 Å². The van der Waals surface area contributed by atoms with Crippen LogP contribution in [0.2, 0.25) is 0 Å². The van der Waals surface area contributed by atoms with Gasteiger partial charge >= 0.3 is 0 Å². The highest BCUT2D eigenvalue weighted by molar-refractivity contribution is 5.85. The molecule has 1 saturated carbocycles. The lowest BCUT2D eigenvalue weighted by molar-refractivity contribution is -0.131. The summed E-state index contributed by atoms with van der Waals surface area (Å²) in [6.45, 7) is 4.00. The molecule has 2 fully saturated rings. The first kappa shape index (κ1) is 23.0. The second-order valence-corrected chi connectivity index (χ2v) is 7.04. The van der Waals surface area contributed by atoms with Crippen molar-refractivity contribution >= 4 is 36.4 Å². The van der Waals surface area contributed by atoms with Gasteiger partial charge < -0.3 is 20.3 Å². The number of rotatable bonds is 5. The first-order chi connectivity index (χ1) is 11.6. The molecule has 148 valence electrons. The molecule has 1 amide bonds. The fourth-order valence-electron chi connectivity index (χ4n) is 3.80. The molecule has 0 unspecified atom stereocenters. The van der Waals surface area contributed by atoms with Crippen LogP contribution in [-0.4, -0.2) is 50.2 Å². The maximum atomic E-state index is 12.6. The van der Waals surface area contributed by atoms with E-state index < -0.39 is 0 Å². The van der Waals surface area contributed by atoms with Gasteiger partial charge in [0.1, 0.15) is 0 Å². The Morgan fingerprint density at radius 3 is 2.58 bits per heavy atom. The minimum Gasteiger partial charge on any atom is -0.378 e. The smallest absolute Gasteiger partial charge is 0.222 e. The van der Waals surface area contributed by atoms with Crippen LogP contribution >= 0.6 is 24.8 Å². The third kappa shape index (κ3) is 5.74. The van der Waals surface area contributed by atoms with E-state index in [9.17, 15) is 4.79 Å². The first-order valence-corrected chi connectivity index (χ1v) is 9.05. The van der Waals surface area contributed by atoms with Crippen molar-refractivity contribution in [1.82, 2.24) is 4.90 Å². The fraction of sp³-hybridized carbons (Fsp3) is 0.632. The van der Waals surface area contributed by atoms with Crippen molar-refractivity contribution < 1.29 is 9.53 Å². The Morgan fingerprint density at radius 1 is 1.23 bits per heavy atom. The lowest BCUT2D eigenvalue weighted by Gasteiger charge is -2.31. The molecule has 2 N–H and O–H groups in total. The zero-order valence-electron chi connectivity index (χ0n) is 15.4. The number of hydrogen-bond donors (Lipinski definition) is 1. The summed E-state index contributed by atoms with van der Waals surface area (Å²) in [5.74, 6) is 0.559. The van der Waals surface area contributed by atoms with Crippen LogP contribution in [0.5, 0.6) is 0 Å². The van der Waals surface area contributed by atoms with Gasteiger partial charge in [-0.05, 0) is 30.4 Å². The predicted octanol–water partition coefficient (Wildman–Crippen LogP) is 2.84. The van der Waals surface area contributed by atoms with Gasteiger partial charge in [-0.2, -0.15) is 0 Å². The summed E-state index contributed by atoms with van der Waals surface area (Å²) in [5.41, 5.74) is 8.53. The predicted molar refractivity (Wildman–Crippen MR) is 110 cm³/mol. The Hall–Kier alpha value is -1.01. The average Bonchev–Trinajstić information content (AvgIpc) is 3.01. The Kier molecular flexibility index (Phi) is 9.72. The molecule has 1 aliphatic heterocycles. The first-order valence-electron chi connectivity index (χ1n) is 9.05. The van der Waals surface area contributed by atoms with E-state index in [4.69, 9.17) is 10.5 Å². The van der Waals surface area contributed by atoms with E-state index in [1.54, 1.807) is 0 Å². The molecule has 7 heteroatoms. The Morgan fingerprint density at radius 2 is 1.92 bits per heavy atom. The lowest BCUT2D eigenvalue weighted by Crippen LogP contribution is -2.37. The summed E-state index contributed by atoms with van der Waals surface area (Å²) in [4.78, 5) is 16.8. The minimum atomic E-state index is 0. The molecule has 26 heavy (non-hydrogen) atoms. The van der Waals surface area contributed by atoms with Crippen LogP contribution in [0.25, 0.3) is 0 Å². The lowest BCUT2D eigenvalue weighted by atomic mass is 9.99. The third-order valence-electron chi connectivity index (χ3n) is 5.33. The van der Waals surface area contributed by atoms with Gasteiger partial charge in [-0.15, -0.1) is 24.8 Å². The number of morpholine rings is 1. The second kappa shape index (κ2) is 11.0. The molecular weight excluding hydrogens is 373 g/mol. The van der Waals surface area contributed by atoms with E-state index in [1.807, 2.05) is 18.0 Å². The molecule has 1 heterocycles. The largest absolute Gasteiger partial charge is 0.378 e. The van der Waals surface area contributed by atoms with Crippen molar-refractivity contribution in [2.75, 3.05) is 38.3 Å². The summed E-state index contributed by atoms with van der Waals surface area (Å²) in [5, 5.41) is 0. The molecule has 3 rings (SSSR count). The molecule has 0 bridgehead atoms. The molecule has 1 aliphatic carbocycles. The third-order valence-corrected chi connectivity index (χ3v) is 5.33. The van der Waals surface area contributed by atoms with Crippen LogP contribution in [0.3, 0.4) is 0 Å². The van der Waals surface area contributed by atoms with Crippen LogP contribution in [0.4, 0.5) is 5.69 Å². The summed E-state index contributed by atoms with van der Waals surface area (Å²) in [6, 6.07) is 8.57. The second-order valence-electron chi connectivity index (χ2n) is 7.04. The Balaban J connectivity index is 0.00000169. The van der Waals surface area contributed by atoms with Crippen molar-refractivity contribution in [3.63, 3.8) is 0 Å². The molecule has 1 aromatic carbocycles. The van der Waals surface area contributed by atoms with Crippen molar-refractivity contribution in [2.24, 2.45) is 11.7 Å². The SMILES string of the molecule is CN(Cc1ccccc1N1CCOCC1)C(=O)C[C@@H]1CCC[C@H]1N.Cl.Cl. The van der Waals surface area contributed by atoms with Crippen LogP contribution < -0.4 is 10.6 Å². The van der Waals surface area contributed by atoms with E-state index in [0.29, 0.717) is 18.9 Å². The maximum absolute atomic E-state index is 12.6. The van der Waals surface area contributed by atoms with E-state index >= 15 is 0 Å². The van der Waals surface area contributed by atoms with Crippen molar-refractivity contribution in [3.8, 4) is 0 Å². The number of carbonyl (C=O) groups excluding carboxylic acids is 1. The number of hydrogen-bond acceptors (Lipinski definition) is 4. The van der Waals surface area contributed by atoms with Gasteiger partial charge in [0.25, 0.3) is 0 Å². The number of para-hydroxylation sites is 1. The Labute approximate surface area is 169 Å². The molecule has 0 aromatic heterocycles. The van der Waals surface area contributed by atoms with Crippen LogP contribution in [0.1, 0.15) is 31.2 Å². The normalized spacial score (nSPS) is 22.3. The molecule has 2 atom stereocenters. The number of nitrogens with zero attached hydrogens (tertiary/aromatic N) is 2. The number of carbonyl (C=O) groups is 1. The monoisotopic (exact) mass is 403 g/mol. The van der Waals surface area contributed by atoms with Gasteiger partial charge in [-0.25, -0.2) is 0 Å². The van der Waals surface area contributed by atoms with Gasteiger partial charge in [0.05, 0.1) is 13.2 Å². The van der Waals surface area contributed by atoms with E-state index in [-0.39, 0.29) is 36.8 Å². The van der Waals surface area contributed by atoms with Gasteiger partial charge in [0.2, 0.25) is 5.91 Å². The van der Waals surface area contributed by atoms with Crippen molar-refractivity contribution in [1.29, 1.82) is 0 Å². The molecular formula is C19H31Cl2N3O2. The number of amides is 1. The minimum absolute atomic E-state index is 0. The molecule has 1 saturated heterocycles. The highest BCUT2D eigenvalue weighted by Crippen LogP contribution is 2.28. The zero-order chi connectivity index (χ0) is 16.9. The highest BCUT2D eigenvalue weighted by Gasteiger charge is 2.27. The van der Waals surface area contributed by atoms with Gasteiger partial charge in [0, 0.05) is 44.8 Å². The molecule has 5 nitrogen and oxygen atoms in total. The standard InChI is InChI=1S/C19H29N3O2.2ClH/c1-21(19(23)13-15-6-4-7-17(15)20)14-16-5-2-3-8-18(16)22-9-11-24-12-10-22;;/h2-3,5,8,15,17H,4,6-7,9-14,20H2,1H3;2*1H/t15-,17+;;/m0../s1. The van der Waals surface area contributed by atoms with Crippen molar-refractivity contribution in [3.05, 3.63) is 29.8 Å². The highest BCUT2D eigenvalue weighted by atomic mass is 35.5. The summed E-state index contributed by atoms with van der Waals surface area (Å²) < 4.78 is 5.45. The topological polar surface area (TPSA) is 58.8 Å². The van der Waals surface area contributed by atoms with Crippen LogP contribution in [0.15, 0.2) is 24.3 Å². The maximum Gasteiger partial charge on any atom is 0.222 e. The summed E-state index contributed by atoms with van der Waals surface area (Å²) in [6.07, 6.45) is 3.88. The van der Waals surface area contributed by atoms with E-state index in [2.05, 4.69) is 23.1 Å². The van der Waals surface area contributed by atoms with Gasteiger partial charge in [-0.1, -0.05) is 24.6 Å². The molecule has 0 radical (unpaired) electrons.